The van der Waals surface area contributed by atoms with Crippen molar-refractivity contribution in [3.8, 4) is 11.3 Å². The molecule has 1 saturated heterocycles. The van der Waals surface area contributed by atoms with Crippen LogP contribution in [0.15, 0.2) is 40.9 Å². The zero-order valence-corrected chi connectivity index (χ0v) is 16.2. The number of likely N-dealkylation sites (tertiary alicyclic amines) is 1. The third-order valence-electron chi connectivity index (χ3n) is 6.70. The first kappa shape index (κ1) is 17.7. The van der Waals surface area contributed by atoms with E-state index in [1.807, 2.05) is 18.2 Å². The van der Waals surface area contributed by atoms with E-state index >= 15 is 0 Å². The van der Waals surface area contributed by atoms with Crippen LogP contribution in [-0.2, 0) is 6.42 Å². The van der Waals surface area contributed by atoms with Crippen molar-refractivity contribution in [3.63, 3.8) is 0 Å². The quantitative estimate of drug-likeness (QED) is 0.883. The fraction of sp³-hybridized carbons (Fsp3) is 0.591. The van der Waals surface area contributed by atoms with Crippen LogP contribution in [0.4, 0.5) is 0 Å². The fourth-order valence-electron chi connectivity index (χ4n) is 4.50. The van der Waals surface area contributed by atoms with Gasteiger partial charge >= 0.3 is 0 Å². The number of nitrogens with zero attached hydrogens (tertiary/aromatic N) is 2. The predicted octanol–water partition coefficient (Wildman–Crippen LogP) is 3.98. The Balaban J connectivity index is 1.33. The first-order valence-electron chi connectivity index (χ1n) is 9.98. The van der Waals surface area contributed by atoms with Crippen LogP contribution in [0, 0.1) is 11.3 Å². The summed E-state index contributed by atoms with van der Waals surface area (Å²) in [4.78, 5) is 2.43. The van der Waals surface area contributed by atoms with E-state index in [0.29, 0.717) is 23.4 Å². The van der Waals surface area contributed by atoms with Gasteiger partial charge in [-0.25, -0.2) is 0 Å². The Labute approximate surface area is 156 Å². The summed E-state index contributed by atoms with van der Waals surface area (Å²) < 4.78 is 5.58. The van der Waals surface area contributed by atoms with Crippen molar-refractivity contribution in [1.29, 1.82) is 0 Å². The summed E-state index contributed by atoms with van der Waals surface area (Å²) in [6.07, 6.45) is 4.80. The van der Waals surface area contributed by atoms with Gasteiger partial charge in [-0.2, -0.15) is 0 Å². The molecule has 0 bridgehead atoms. The smallest absolute Gasteiger partial charge is 0.167 e. The summed E-state index contributed by atoms with van der Waals surface area (Å²) in [7, 11) is 2.22. The Bertz CT molecular complexity index is 716. The second kappa shape index (κ2) is 7.16. The number of piperidine rings is 1. The van der Waals surface area contributed by atoms with Crippen molar-refractivity contribution < 1.29 is 4.52 Å². The summed E-state index contributed by atoms with van der Waals surface area (Å²) in [5.74, 6) is 1.54. The van der Waals surface area contributed by atoms with E-state index in [1.54, 1.807) is 0 Å². The average molecular weight is 354 g/mol. The van der Waals surface area contributed by atoms with Gasteiger partial charge in [0.2, 0.25) is 0 Å². The molecule has 0 radical (unpaired) electrons. The highest BCUT2D eigenvalue weighted by Gasteiger charge is 2.48. The van der Waals surface area contributed by atoms with Crippen LogP contribution >= 0.6 is 0 Å². The summed E-state index contributed by atoms with van der Waals surface area (Å²) in [6.45, 7) is 7.25. The van der Waals surface area contributed by atoms with E-state index in [-0.39, 0.29) is 0 Å². The molecule has 0 spiro atoms. The average Bonchev–Trinajstić information content (AvgIpc) is 3.12. The molecule has 1 aromatic heterocycles. The summed E-state index contributed by atoms with van der Waals surface area (Å²) in [5, 5.41) is 8.27. The highest BCUT2D eigenvalue weighted by molar-refractivity contribution is 5.56. The van der Waals surface area contributed by atoms with Crippen LogP contribution < -0.4 is 5.32 Å². The van der Waals surface area contributed by atoms with Gasteiger partial charge in [0, 0.05) is 23.7 Å². The van der Waals surface area contributed by atoms with Gasteiger partial charge < -0.3 is 14.7 Å². The minimum absolute atomic E-state index is 0.315. The van der Waals surface area contributed by atoms with Gasteiger partial charge in [-0.15, -0.1) is 0 Å². The van der Waals surface area contributed by atoms with Crippen LogP contribution in [-0.4, -0.2) is 42.3 Å². The number of nitrogens with one attached hydrogen (secondary N) is 1. The lowest BCUT2D eigenvalue weighted by Crippen LogP contribution is -2.60. The van der Waals surface area contributed by atoms with Crippen molar-refractivity contribution in [2.45, 2.75) is 51.6 Å². The molecule has 4 rings (SSSR count). The zero-order chi connectivity index (χ0) is 18.1. The molecule has 140 valence electrons. The van der Waals surface area contributed by atoms with E-state index in [0.717, 1.165) is 23.4 Å². The minimum Gasteiger partial charge on any atom is -0.356 e. The van der Waals surface area contributed by atoms with Crippen molar-refractivity contribution in [2.75, 3.05) is 20.1 Å². The molecule has 4 nitrogen and oxygen atoms in total. The first-order valence-corrected chi connectivity index (χ1v) is 9.98. The Hall–Kier alpha value is -1.65. The van der Waals surface area contributed by atoms with E-state index in [1.165, 1.54) is 32.4 Å². The Kier molecular flexibility index (Phi) is 4.89. The third-order valence-corrected chi connectivity index (χ3v) is 6.70. The molecule has 26 heavy (non-hydrogen) atoms. The molecule has 2 aromatic rings. The monoisotopic (exact) mass is 353 g/mol. The van der Waals surface area contributed by atoms with Gasteiger partial charge in [0.25, 0.3) is 0 Å². The number of rotatable bonds is 5. The molecule has 1 aliphatic heterocycles. The summed E-state index contributed by atoms with van der Waals surface area (Å²) >= 11 is 0. The summed E-state index contributed by atoms with van der Waals surface area (Å²) in [5.41, 5.74) is 2.50. The molecule has 4 heteroatoms. The molecule has 2 fully saturated rings. The van der Waals surface area contributed by atoms with E-state index in [2.05, 4.69) is 54.5 Å². The maximum Gasteiger partial charge on any atom is 0.167 e. The number of benzene rings is 1. The highest BCUT2D eigenvalue weighted by Crippen LogP contribution is 2.48. The zero-order valence-electron chi connectivity index (χ0n) is 16.2. The lowest BCUT2D eigenvalue weighted by molar-refractivity contribution is 0.00207. The van der Waals surface area contributed by atoms with Crippen LogP contribution in [0.25, 0.3) is 11.3 Å². The van der Waals surface area contributed by atoms with Gasteiger partial charge in [-0.1, -0.05) is 49.3 Å². The van der Waals surface area contributed by atoms with Crippen LogP contribution in [0.2, 0.25) is 0 Å². The van der Waals surface area contributed by atoms with Gasteiger partial charge in [0.1, 0.15) is 0 Å². The number of hydrogen-bond donors (Lipinski definition) is 1. The second-order valence-corrected chi connectivity index (χ2v) is 8.80. The van der Waals surface area contributed by atoms with Gasteiger partial charge in [-0.3, -0.25) is 0 Å². The molecule has 2 aliphatic rings. The molecule has 0 amide bonds. The number of aromatic nitrogens is 1. The summed E-state index contributed by atoms with van der Waals surface area (Å²) in [6, 6.07) is 13.7. The standard InChI is InChI=1S/C22H31N3O/c1-22(2)17(14-21(22)23-18-9-11-25(3)12-10-18)13-19-15-20(26-24-19)16-7-5-4-6-8-16/h4-8,15,17-18,21,23H,9-14H2,1-3H3. The number of hydrogen-bond acceptors (Lipinski definition) is 4. The van der Waals surface area contributed by atoms with Crippen molar-refractivity contribution in [2.24, 2.45) is 11.3 Å². The van der Waals surface area contributed by atoms with Gasteiger partial charge in [0.05, 0.1) is 5.69 Å². The predicted molar refractivity (Wildman–Crippen MR) is 105 cm³/mol. The largest absolute Gasteiger partial charge is 0.356 e. The minimum atomic E-state index is 0.315. The fourth-order valence-corrected chi connectivity index (χ4v) is 4.50. The van der Waals surface area contributed by atoms with E-state index in [9.17, 15) is 0 Å². The molecular weight excluding hydrogens is 322 g/mol. The Morgan fingerprint density at radius 3 is 2.62 bits per heavy atom. The maximum atomic E-state index is 5.58. The van der Waals surface area contributed by atoms with E-state index < -0.39 is 0 Å². The SMILES string of the molecule is CN1CCC(NC2CC(Cc3cc(-c4ccccc4)on3)C2(C)C)CC1. The maximum absolute atomic E-state index is 5.58. The van der Waals surface area contributed by atoms with Crippen molar-refractivity contribution in [3.05, 3.63) is 42.1 Å². The normalized spacial score (nSPS) is 26.6. The third kappa shape index (κ3) is 3.58. The van der Waals surface area contributed by atoms with Gasteiger partial charge in [0.15, 0.2) is 5.76 Å². The molecule has 2 atom stereocenters. The van der Waals surface area contributed by atoms with E-state index in [4.69, 9.17) is 4.52 Å². The lowest BCUT2D eigenvalue weighted by atomic mass is 9.57. The molecule has 1 N–H and O–H groups in total. The van der Waals surface area contributed by atoms with Crippen LogP contribution in [0.5, 0.6) is 0 Å². The lowest BCUT2D eigenvalue weighted by Gasteiger charge is -2.54. The highest BCUT2D eigenvalue weighted by atomic mass is 16.5. The molecule has 1 aromatic carbocycles. The Morgan fingerprint density at radius 2 is 1.92 bits per heavy atom. The van der Waals surface area contributed by atoms with Crippen molar-refractivity contribution >= 4 is 0 Å². The molecule has 1 saturated carbocycles. The first-order chi connectivity index (χ1) is 12.5. The van der Waals surface area contributed by atoms with Crippen LogP contribution in [0.3, 0.4) is 0 Å². The van der Waals surface area contributed by atoms with Gasteiger partial charge in [-0.05, 0) is 57.2 Å². The Morgan fingerprint density at radius 1 is 1.19 bits per heavy atom. The van der Waals surface area contributed by atoms with Crippen LogP contribution in [0.1, 0.15) is 38.8 Å². The second-order valence-electron chi connectivity index (χ2n) is 8.80. The van der Waals surface area contributed by atoms with Crippen molar-refractivity contribution in [1.82, 2.24) is 15.4 Å². The molecular formula is C22H31N3O. The molecule has 2 heterocycles. The molecule has 1 aliphatic carbocycles. The topological polar surface area (TPSA) is 41.3 Å². The molecule has 2 unspecified atom stereocenters.